The van der Waals surface area contributed by atoms with Gasteiger partial charge in [0.2, 0.25) is 0 Å². The van der Waals surface area contributed by atoms with E-state index in [9.17, 15) is 4.79 Å². The number of rotatable bonds is 4. The summed E-state index contributed by atoms with van der Waals surface area (Å²) in [4.78, 5) is 18.9. The Balaban J connectivity index is 1.63. The van der Waals surface area contributed by atoms with Gasteiger partial charge >= 0.3 is 6.03 Å². The normalized spacial score (nSPS) is 25.5. The maximum atomic E-state index is 14.3. The van der Waals surface area contributed by atoms with Crippen LogP contribution in [0.4, 0.5) is 4.79 Å². The molecule has 1 saturated heterocycles. The predicted molar refractivity (Wildman–Crippen MR) is 131 cm³/mol. The van der Waals surface area contributed by atoms with Crippen LogP contribution in [0.2, 0.25) is 0 Å². The molecule has 2 aromatic rings. The van der Waals surface area contributed by atoms with E-state index in [1.807, 2.05) is 0 Å². The average molecular weight is 431 g/mol. The molecule has 2 saturated carbocycles. The lowest BCUT2D eigenvalue weighted by molar-refractivity contribution is 0.134. The monoisotopic (exact) mass is 430 g/mol. The van der Waals surface area contributed by atoms with Gasteiger partial charge in [-0.15, -0.1) is 0 Å². The second kappa shape index (κ2) is 9.29. The van der Waals surface area contributed by atoms with Crippen molar-refractivity contribution in [3.63, 3.8) is 0 Å². The number of hydrogen-bond donors (Lipinski definition) is 0. The Hall–Kier alpha value is -2.29. The van der Waals surface area contributed by atoms with E-state index in [1.165, 1.54) is 60.8 Å². The fraction of sp³-hybridized carbons (Fsp3) is 0.552. The number of carbonyl (C=O) groups excluding carboxylic acids is 1. The Morgan fingerprint density at radius 1 is 0.562 bits per heavy atom. The molecule has 2 aromatic carbocycles. The predicted octanol–water partition coefficient (Wildman–Crippen LogP) is 7.49. The van der Waals surface area contributed by atoms with Gasteiger partial charge in [-0.1, -0.05) is 98.2 Å². The van der Waals surface area contributed by atoms with Crippen molar-refractivity contribution < 1.29 is 4.79 Å². The molecule has 2 aliphatic carbocycles. The number of aryl methyl sites for hydroxylation is 2. The lowest BCUT2D eigenvalue weighted by Gasteiger charge is -2.36. The van der Waals surface area contributed by atoms with Crippen LogP contribution in [0.5, 0.6) is 0 Å². The topological polar surface area (TPSA) is 23.6 Å². The summed E-state index contributed by atoms with van der Waals surface area (Å²) in [6.07, 6.45) is 12.2. The second-order valence-electron chi connectivity index (χ2n) is 10.4. The van der Waals surface area contributed by atoms with Gasteiger partial charge in [-0.2, -0.15) is 0 Å². The van der Waals surface area contributed by atoms with Crippen LogP contribution in [0.25, 0.3) is 0 Å². The summed E-state index contributed by atoms with van der Waals surface area (Å²) in [6, 6.07) is 19.2. The number of carbonyl (C=O) groups is 1. The van der Waals surface area contributed by atoms with Crippen LogP contribution in [0, 0.1) is 13.8 Å². The Morgan fingerprint density at radius 3 is 1.25 bits per heavy atom. The molecule has 3 aliphatic rings. The molecule has 32 heavy (non-hydrogen) atoms. The fourth-order valence-electron chi connectivity index (χ4n) is 6.37. The molecule has 2 amide bonds. The summed E-state index contributed by atoms with van der Waals surface area (Å²) in [5.41, 5.74) is 5.13. The van der Waals surface area contributed by atoms with Gasteiger partial charge in [0, 0.05) is 12.1 Å². The summed E-state index contributed by atoms with van der Waals surface area (Å²) in [7, 11) is 0. The Morgan fingerprint density at radius 2 is 0.906 bits per heavy atom. The minimum Gasteiger partial charge on any atom is -0.312 e. The fourth-order valence-corrected chi connectivity index (χ4v) is 6.37. The van der Waals surface area contributed by atoms with Gasteiger partial charge < -0.3 is 9.80 Å². The van der Waals surface area contributed by atoms with Crippen molar-refractivity contribution in [1.82, 2.24) is 9.80 Å². The number of hydrogen-bond acceptors (Lipinski definition) is 1. The lowest BCUT2D eigenvalue weighted by atomic mass is 9.87. The standard InChI is InChI=1S/C29H38N2O/c1-21-13-17-23(18-14-21)27-28(24-19-15-22(2)16-20-24)31(26-11-7-4-8-12-26)29(32)30(27)25-9-5-3-6-10-25/h13-20,25-28H,3-12H2,1-2H3/t27-,28-/m1/s1. The third kappa shape index (κ3) is 4.07. The first-order valence-electron chi connectivity index (χ1n) is 12.9. The van der Waals surface area contributed by atoms with Crippen LogP contribution in [0.3, 0.4) is 0 Å². The first-order valence-corrected chi connectivity index (χ1v) is 12.9. The van der Waals surface area contributed by atoms with E-state index in [-0.39, 0.29) is 12.1 Å². The van der Waals surface area contributed by atoms with Crippen LogP contribution in [0.1, 0.15) is 98.5 Å². The Kier molecular flexibility index (Phi) is 6.26. The smallest absolute Gasteiger partial charge is 0.312 e. The third-order valence-electron chi connectivity index (χ3n) is 8.11. The van der Waals surface area contributed by atoms with Crippen molar-refractivity contribution in [2.24, 2.45) is 0 Å². The molecule has 2 atom stereocenters. The zero-order valence-corrected chi connectivity index (χ0v) is 19.8. The molecule has 170 valence electrons. The third-order valence-corrected chi connectivity index (χ3v) is 8.11. The summed E-state index contributed by atoms with van der Waals surface area (Å²) >= 11 is 0. The van der Waals surface area contributed by atoms with Gasteiger partial charge in [-0.05, 0) is 50.7 Å². The average Bonchev–Trinajstić information content (AvgIpc) is 3.14. The number of nitrogens with zero attached hydrogens (tertiary/aromatic N) is 2. The molecular formula is C29H38N2O. The number of urea groups is 1. The molecule has 3 nitrogen and oxygen atoms in total. The summed E-state index contributed by atoms with van der Waals surface area (Å²) < 4.78 is 0. The van der Waals surface area contributed by atoms with Crippen molar-refractivity contribution >= 4 is 6.03 Å². The van der Waals surface area contributed by atoms with Crippen LogP contribution >= 0.6 is 0 Å². The van der Waals surface area contributed by atoms with Crippen LogP contribution in [-0.2, 0) is 0 Å². The summed E-state index contributed by atoms with van der Waals surface area (Å²) in [6.45, 7) is 4.29. The van der Waals surface area contributed by atoms with Crippen molar-refractivity contribution in [1.29, 1.82) is 0 Å². The largest absolute Gasteiger partial charge is 0.321 e. The van der Waals surface area contributed by atoms with Crippen molar-refractivity contribution in [2.75, 3.05) is 0 Å². The van der Waals surface area contributed by atoms with E-state index < -0.39 is 0 Å². The van der Waals surface area contributed by atoms with Crippen molar-refractivity contribution in [3.05, 3.63) is 70.8 Å². The van der Waals surface area contributed by atoms with E-state index in [1.54, 1.807) is 0 Å². The van der Waals surface area contributed by atoms with Crippen molar-refractivity contribution in [2.45, 2.75) is 102 Å². The zero-order valence-electron chi connectivity index (χ0n) is 19.8. The minimum atomic E-state index is 0.0934. The highest BCUT2D eigenvalue weighted by Crippen LogP contribution is 2.50. The molecule has 1 aliphatic heterocycles. The van der Waals surface area contributed by atoms with E-state index in [2.05, 4.69) is 72.2 Å². The molecule has 3 fully saturated rings. The van der Waals surface area contributed by atoms with E-state index in [0.717, 1.165) is 25.7 Å². The van der Waals surface area contributed by atoms with Gasteiger partial charge in [-0.25, -0.2) is 4.79 Å². The highest BCUT2D eigenvalue weighted by Gasteiger charge is 2.51. The van der Waals surface area contributed by atoms with Crippen LogP contribution < -0.4 is 0 Å². The molecule has 1 heterocycles. The van der Waals surface area contributed by atoms with Gasteiger partial charge in [0.1, 0.15) is 0 Å². The summed E-state index contributed by atoms with van der Waals surface area (Å²) in [5.74, 6) is 0. The second-order valence-corrected chi connectivity index (χ2v) is 10.4. The highest BCUT2D eigenvalue weighted by molar-refractivity contribution is 5.79. The molecule has 0 aromatic heterocycles. The molecule has 0 unspecified atom stereocenters. The van der Waals surface area contributed by atoms with Crippen LogP contribution in [0.15, 0.2) is 48.5 Å². The number of amides is 2. The molecule has 0 N–H and O–H groups in total. The maximum Gasteiger partial charge on any atom is 0.321 e. The zero-order chi connectivity index (χ0) is 22.1. The Labute approximate surface area is 193 Å². The molecule has 0 spiro atoms. The van der Waals surface area contributed by atoms with E-state index >= 15 is 0 Å². The molecule has 0 radical (unpaired) electrons. The van der Waals surface area contributed by atoms with Gasteiger partial charge in [0.05, 0.1) is 12.1 Å². The molecule has 3 heteroatoms. The SMILES string of the molecule is Cc1ccc([C@@H]2[C@@H](c3ccc(C)cc3)N(C3CCCCC3)C(=O)N2C2CCCCC2)cc1. The van der Waals surface area contributed by atoms with Gasteiger partial charge in [0.25, 0.3) is 0 Å². The van der Waals surface area contributed by atoms with Crippen molar-refractivity contribution in [3.8, 4) is 0 Å². The highest BCUT2D eigenvalue weighted by atomic mass is 16.2. The summed E-state index contributed by atoms with van der Waals surface area (Å²) in [5, 5.41) is 0. The number of benzene rings is 2. The Bertz CT molecular complexity index is 832. The maximum absolute atomic E-state index is 14.3. The molecule has 5 rings (SSSR count). The van der Waals surface area contributed by atoms with Crippen LogP contribution in [-0.4, -0.2) is 27.9 Å². The van der Waals surface area contributed by atoms with E-state index in [0.29, 0.717) is 18.1 Å². The van der Waals surface area contributed by atoms with Gasteiger partial charge in [-0.3, -0.25) is 0 Å². The van der Waals surface area contributed by atoms with E-state index in [4.69, 9.17) is 0 Å². The first kappa shape index (κ1) is 21.6. The quantitative estimate of drug-likeness (QED) is 0.493. The molecule has 0 bridgehead atoms. The minimum absolute atomic E-state index is 0.0934. The molecular weight excluding hydrogens is 392 g/mol. The first-order chi connectivity index (χ1) is 15.6. The van der Waals surface area contributed by atoms with Gasteiger partial charge in [0.15, 0.2) is 0 Å². The lowest BCUT2D eigenvalue weighted by Crippen LogP contribution is -2.44.